The van der Waals surface area contributed by atoms with E-state index in [0.717, 1.165) is 22.8 Å². The van der Waals surface area contributed by atoms with Gasteiger partial charge in [0.1, 0.15) is 17.9 Å². The van der Waals surface area contributed by atoms with Gasteiger partial charge in [0, 0.05) is 21.0 Å². The fourth-order valence-corrected chi connectivity index (χ4v) is 5.02. The van der Waals surface area contributed by atoms with E-state index >= 15 is 0 Å². The molecule has 8 heteroatoms. The number of halogens is 5. The Balaban J connectivity index is 1.54. The number of rotatable bonds is 6. The highest BCUT2D eigenvalue weighted by Crippen LogP contribution is 2.39. The zero-order valence-electron chi connectivity index (χ0n) is 20.6. The Morgan fingerprint density at radius 1 is 0.868 bits per heavy atom. The maximum Gasteiger partial charge on any atom is 0.418 e. The lowest BCUT2D eigenvalue weighted by atomic mass is 10.0. The summed E-state index contributed by atoms with van der Waals surface area (Å²) in [6.07, 6.45) is -4.54. The zero-order chi connectivity index (χ0) is 27.0. The van der Waals surface area contributed by atoms with Crippen molar-refractivity contribution in [2.45, 2.75) is 33.2 Å². The molecular weight excluding hydrogens is 532 g/mol. The molecule has 0 radical (unpaired) electrons. The lowest BCUT2D eigenvalue weighted by Gasteiger charge is -2.13. The molecule has 0 aliphatic carbocycles. The van der Waals surface area contributed by atoms with Crippen LogP contribution in [0, 0.1) is 13.8 Å². The van der Waals surface area contributed by atoms with E-state index in [1.807, 2.05) is 56.3 Å². The molecule has 1 aromatic heterocycles. The first-order valence-corrected chi connectivity index (χ1v) is 12.7. The van der Waals surface area contributed by atoms with E-state index in [4.69, 9.17) is 27.9 Å². The topological polar surface area (TPSA) is 27.1 Å². The SMILES string of the molecule is Cc1cccc(C)c1COc1ccc(-c2c3cccc(C(F)(F)F)c3nn2Cc2ccc(Cl)cc2Cl)cc1. The van der Waals surface area contributed by atoms with Gasteiger partial charge in [-0.15, -0.1) is 0 Å². The highest BCUT2D eigenvalue weighted by atomic mass is 35.5. The number of ether oxygens (including phenoxy) is 1. The molecule has 4 aromatic carbocycles. The van der Waals surface area contributed by atoms with Crippen molar-refractivity contribution >= 4 is 34.1 Å². The molecule has 0 spiro atoms. The van der Waals surface area contributed by atoms with Crippen LogP contribution in [-0.4, -0.2) is 9.78 Å². The van der Waals surface area contributed by atoms with Gasteiger partial charge in [-0.2, -0.15) is 18.3 Å². The van der Waals surface area contributed by atoms with Gasteiger partial charge in [-0.25, -0.2) is 0 Å². The van der Waals surface area contributed by atoms with Crippen LogP contribution in [0.15, 0.2) is 78.9 Å². The minimum absolute atomic E-state index is 0.115. The molecule has 5 aromatic rings. The Kier molecular flexibility index (Phi) is 7.12. The Morgan fingerprint density at radius 2 is 1.55 bits per heavy atom. The predicted octanol–water partition coefficient (Wildman–Crippen LogP) is 9.27. The number of hydrogen-bond donors (Lipinski definition) is 0. The Morgan fingerprint density at radius 3 is 2.21 bits per heavy atom. The van der Waals surface area contributed by atoms with Crippen molar-refractivity contribution < 1.29 is 17.9 Å². The molecule has 38 heavy (non-hydrogen) atoms. The smallest absolute Gasteiger partial charge is 0.418 e. The van der Waals surface area contributed by atoms with E-state index in [0.29, 0.717) is 44.6 Å². The van der Waals surface area contributed by atoms with E-state index in [1.165, 1.54) is 6.07 Å². The van der Waals surface area contributed by atoms with Gasteiger partial charge in [-0.05, 0) is 78.6 Å². The first-order chi connectivity index (χ1) is 18.1. The van der Waals surface area contributed by atoms with Gasteiger partial charge in [0.15, 0.2) is 0 Å². The van der Waals surface area contributed by atoms with Crippen molar-refractivity contribution in [3.05, 3.63) is 117 Å². The summed E-state index contributed by atoms with van der Waals surface area (Å²) in [5, 5.41) is 5.69. The number of aromatic nitrogens is 2. The number of benzene rings is 4. The average Bonchev–Trinajstić information content (AvgIpc) is 3.23. The van der Waals surface area contributed by atoms with Gasteiger partial charge in [-0.3, -0.25) is 4.68 Å². The molecule has 3 nitrogen and oxygen atoms in total. The van der Waals surface area contributed by atoms with Crippen molar-refractivity contribution in [1.29, 1.82) is 0 Å². The van der Waals surface area contributed by atoms with Gasteiger partial charge in [0.2, 0.25) is 0 Å². The number of alkyl halides is 3. The Labute approximate surface area is 228 Å². The minimum atomic E-state index is -4.54. The van der Waals surface area contributed by atoms with E-state index in [9.17, 15) is 13.2 Å². The molecule has 0 aliphatic heterocycles. The number of hydrogen-bond acceptors (Lipinski definition) is 2. The summed E-state index contributed by atoms with van der Waals surface area (Å²) in [6.45, 7) is 4.68. The molecular formula is C30H23Cl2F3N2O. The second kappa shape index (κ2) is 10.4. The molecule has 0 bridgehead atoms. The molecule has 0 fully saturated rings. The van der Waals surface area contributed by atoms with E-state index in [1.54, 1.807) is 28.9 Å². The van der Waals surface area contributed by atoms with Crippen LogP contribution in [0.1, 0.15) is 27.8 Å². The van der Waals surface area contributed by atoms with Crippen LogP contribution >= 0.6 is 23.2 Å². The summed E-state index contributed by atoms with van der Waals surface area (Å²) in [6, 6.07) is 22.5. The van der Waals surface area contributed by atoms with Gasteiger partial charge in [0.05, 0.1) is 17.8 Å². The summed E-state index contributed by atoms with van der Waals surface area (Å²) in [4.78, 5) is 0. The largest absolute Gasteiger partial charge is 0.489 e. The second-order valence-corrected chi connectivity index (χ2v) is 9.97. The molecule has 5 rings (SSSR count). The molecule has 0 unspecified atom stereocenters. The standard InChI is InChI=1S/C30H23Cl2F3N2O/c1-18-5-3-6-19(2)25(18)17-38-23-13-10-20(11-14-23)29-24-7-4-8-26(30(33,34)35)28(24)36-37(29)16-21-9-12-22(31)15-27(21)32/h3-15H,16-17H2,1-2H3. The summed E-state index contributed by atoms with van der Waals surface area (Å²) in [5.41, 5.74) is 4.47. The number of fused-ring (bicyclic) bond motifs is 1. The van der Waals surface area contributed by atoms with Crippen molar-refractivity contribution in [2.75, 3.05) is 0 Å². The van der Waals surface area contributed by atoms with Crippen LogP contribution in [0.4, 0.5) is 13.2 Å². The van der Waals surface area contributed by atoms with Crippen LogP contribution in [0.25, 0.3) is 22.2 Å². The lowest BCUT2D eigenvalue weighted by molar-refractivity contribution is -0.136. The summed E-state index contributed by atoms with van der Waals surface area (Å²) >= 11 is 12.4. The van der Waals surface area contributed by atoms with Gasteiger partial charge in [-0.1, -0.05) is 59.6 Å². The monoisotopic (exact) mass is 554 g/mol. The highest BCUT2D eigenvalue weighted by molar-refractivity contribution is 6.35. The van der Waals surface area contributed by atoms with Crippen molar-refractivity contribution in [1.82, 2.24) is 9.78 Å². The van der Waals surface area contributed by atoms with Crippen molar-refractivity contribution in [3.8, 4) is 17.0 Å². The zero-order valence-corrected chi connectivity index (χ0v) is 22.1. The van der Waals surface area contributed by atoms with Gasteiger partial charge in [0.25, 0.3) is 0 Å². The van der Waals surface area contributed by atoms with E-state index in [-0.39, 0.29) is 12.1 Å². The van der Waals surface area contributed by atoms with Crippen LogP contribution in [0.3, 0.4) is 0 Å². The average molecular weight is 555 g/mol. The van der Waals surface area contributed by atoms with E-state index in [2.05, 4.69) is 5.10 Å². The predicted molar refractivity (Wildman–Crippen MR) is 146 cm³/mol. The highest BCUT2D eigenvalue weighted by Gasteiger charge is 2.34. The molecule has 194 valence electrons. The van der Waals surface area contributed by atoms with Crippen molar-refractivity contribution in [3.63, 3.8) is 0 Å². The minimum Gasteiger partial charge on any atom is -0.489 e. The number of nitrogens with zero attached hydrogens (tertiary/aromatic N) is 2. The third-order valence-electron chi connectivity index (χ3n) is 6.57. The molecule has 0 aliphatic rings. The first-order valence-electron chi connectivity index (χ1n) is 11.9. The van der Waals surface area contributed by atoms with Crippen LogP contribution in [0.2, 0.25) is 10.0 Å². The molecule has 0 amide bonds. The summed E-state index contributed by atoms with van der Waals surface area (Å²) < 4.78 is 49.1. The molecule has 0 saturated heterocycles. The van der Waals surface area contributed by atoms with Crippen LogP contribution in [0.5, 0.6) is 5.75 Å². The Hall–Kier alpha value is -3.48. The fraction of sp³-hybridized carbons (Fsp3) is 0.167. The summed E-state index contributed by atoms with van der Waals surface area (Å²) in [5.74, 6) is 0.656. The summed E-state index contributed by atoms with van der Waals surface area (Å²) in [7, 11) is 0. The third-order valence-corrected chi connectivity index (χ3v) is 7.15. The fourth-order valence-electron chi connectivity index (χ4n) is 4.55. The third kappa shape index (κ3) is 5.24. The van der Waals surface area contributed by atoms with Gasteiger partial charge >= 0.3 is 6.18 Å². The molecule has 1 heterocycles. The molecule has 0 saturated carbocycles. The lowest BCUT2D eigenvalue weighted by Crippen LogP contribution is -2.07. The second-order valence-electron chi connectivity index (χ2n) is 9.12. The van der Waals surface area contributed by atoms with Gasteiger partial charge < -0.3 is 4.74 Å². The first kappa shape index (κ1) is 26.1. The normalized spacial score (nSPS) is 11.8. The molecule has 0 atom stereocenters. The Bertz CT molecular complexity index is 1610. The van der Waals surface area contributed by atoms with Crippen molar-refractivity contribution in [2.24, 2.45) is 0 Å². The van der Waals surface area contributed by atoms with E-state index < -0.39 is 11.7 Å². The maximum absolute atomic E-state index is 13.8. The van der Waals surface area contributed by atoms with Crippen LogP contribution in [-0.2, 0) is 19.3 Å². The number of aryl methyl sites for hydroxylation is 2. The van der Waals surface area contributed by atoms with Crippen LogP contribution < -0.4 is 4.74 Å². The maximum atomic E-state index is 13.8. The molecule has 0 N–H and O–H groups in total. The quantitative estimate of drug-likeness (QED) is 0.209.